The molecule has 5 nitrogen and oxygen atoms in total. The molecule has 0 fully saturated rings. The Morgan fingerprint density at radius 3 is 1.88 bits per heavy atom. The van der Waals surface area contributed by atoms with Crippen LogP contribution in [-0.2, 0) is 0 Å². The van der Waals surface area contributed by atoms with E-state index in [0.717, 1.165) is 72.0 Å². The van der Waals surface area contributed by atoms with Crippen molar-refractivity contribution >= 4 is 43.7 Å². The molecule has 0 radical (unpaired) electrons. The van der Waals surface area contributed by atoms with E-state index in [1.54, 1.807) is 0 Å². The zero-order chi connectivity index (χ0) is 33.9. The normalized spacial score (nSPS) is 11.6. The molecule has 0 amide bonds. The standard InChI is InChI=1S/C46H30N4O/c1-29-26-37(30-14-5-2-6-15-30)43-38(27-29)42-36(21-13-23-41(42)51-43)46-48-44(31-16-7-3-8-17-31)47-45(49-46)32-24-25-35-34-20-11-12-22-39(34)50(40(35)28-32)33-18-9-4-10-19-33/h2-28H,1H3. The lowest BCUT2D eigenvalue weighted by molar-refractivity contribution is 0.670. The molecule has 10 rings (SSSR count). The number of nitrogens with zero attached hydrogens (tertiary/aromatic N) is 4. The van der Waals surface area contributed by atoms with Crippen LogP contribution in [0.25, 0.3) is 94.7 Å². The molecular formula is C46H30N4O. The summed E-state index contributed by atoms with van der Waals surface area (Å²) >= 11 is 0. The molecule has 3 aromatic heterocycles. The van der Waals surface area contributed by atoms with E-state index in [1.807, 2.05) is 54.6 Å². The number of hydrogen-bond acceptors (Lipinski definition) is 4. The summed E-state index contributed by atoms with van der Waals surface area (Å²) in [5, 5.41) is 4.41. The molecule has 0 unspecified atom stereocenters. The first-order valence-corrected chi connectivity index (χ1v) is 17.1. The third-order valence-electron chi connectivity index (χ3n) is 9.68. The number of furan rings is 1. The van der Waals surface area contributed by atoms with E-state index >= 15 is 0 Å². The van der Waals surface area contributed by atoms with Gasteiger partial charge in [0.1, 0.15) is 11.2 Å². The molecule has 0 N–H and O–H groups in total. The number of rotatable bonds is 5. The van der Waals surface area contributed by atoms with Gasteiger partial charge in [0.05, 0.1) is 11.0 Å². The van der Waals surface area contributed by atoms with Crippen molar-refractivity contribution in [1.29, 1.82) is 0 Å². The third kappa shape index (κ3) is 4.82. The molecule has 3 heterocycles. The second-order valence-corrected chi connectivity index (χ2v) is 12.9. The predicted octanol–water partition coefficient (Wildman–Crippen LogP) is 11.8. The smallest absolute Gasteiger partial charge is 0.164 e. The van der Waals surface area contributed by atoms with Gasteiger partial charge in [-0.15, -0.1) is 0 Å². The zero-order valence-electron chi connectivity index (χ0n) is 27.8. The Morgan fingerprint density at radius 1 is 0.451 bits per heavy atom. The van der Waals surface area contributed by atoms with E-state index in [-0.39, 0.29) is 0 Å². The summed E-state index contributed by atoms with van der Waals surface area (Å²) in [6.45, 7) is 2.13. The van der Waals surface area contributed by atoms with Gasteiger partial charge < -0.3 is 8.98 Å². The molecule has 0 spiro atoms. The van der Waals surface area contributed by atoms with Crippen molar-refractivity contribution in [2.24, 2.45) is 0 Å². The highest BCUT2D eigenvalue weighted by atomic mass is 16.3. The van der Waals surface area contributed by atoms with Crippen LogP contribution in [0.2, 0.25) is 0 Å². The highest BCUT2D eigenvalue weighted by Crippen LogP contribution is 2.41. The molecule has 240 valence electrons. The van der Waals surface area contributed by atoms with Crippen molar-refractivity contribution in [3.05, 3.63) is 169 Å². The number of aryl methyl sites for hydroxylation is 1. The van der Waals surface area contributed by atoms with Crippen LogP contribution >= 0.6 is 0 Å². The average Bonchev–Trinajstić information content (AvgIpc) is 3.74. The van der Waals surface area contributed by atoms with Gasteiger partial charge in [-0.25, -0.2) is 15.0 Å². The van der Waals surface area contributed by atoms with Crippen molar-refractivity contribution in [3.63, 3.8) is 0 Å². The molecule has 0 saturated heterocycles. The largest absolute Gasteiger partial charge is 0.455 e. The van der Waals surface area contributed by atoms with E-state index in [9.17, 15) is 0 Å². The van der Waals surface area contributed by atoms with Gasteiger partial charge in [0, 0.05) is 49.5 Å². The lowest BCUT2D eigenvalue weighted by Gasteiger charge is -2.11. The summed E-state index contributed by atoms with van der Waals surface area (Å²) in [6, 6.07) is 56.6. The van der Waals surface area contributed by atoms with Gasteiger partial charge in [-0.3, -0.25) is 0 Å². The maximum Gasteiger partial charge on any atom is 0.164 e. The Kier molecular flexibility index (Phi) is 6.64. The minimum Gasteiger partial charge on any atom is -0.455 e. The van der Waals surface area contributed by atoms with E-state index in [1.165, 1.54) is 10.8 Å². The second kappa shape index (κ2) is 11.6. The number of fused-ring (bicyclic) bond motifs is 6. The summed E-state index contributed by atoms with van der Waals surface area (Å²) in [6.07, 6.45) is 0. The van der Waals surface area contributed by atoms with Gasteiger partial charge in [0.15, 0.2) is 17.5 Å². The van der Waals surface area contributed by atoms with Crippen LogP contribution in [0.15, 0.2) is 168 Å². The Hall–Kier alpha value is -6.85. The van der Waals surface area contributed by atoms with E-state index in [2.05, 4.69) is 121 Å². The zero-order valence-corrected chi connectivity index (χ0v) is 27.8. The van der Waals surface area contributed by atoms with E-state index in [0.29, 0.717) is 17.5 Å². The maximum atomic E-state index is 6.64. The lowest BCUT2D eigenvalue weighted by Crippen LogP contribution is -2.01. The molecule has 5 heteroatoms. The first kappa shape index (κ1) is 29.1. The topological polar surface area (TPSA) is 56.7 Å². The molecule has 0 bridgehead atoms. The van der Waals surface area contributed by atoms with Crippen molar-refractivity contribution in [2.75, 3.05) is 0 Å². The molecule has 7 aromatic carbocycles. The molecule has 0 aliphatic heterocycles. The first-order chi connectivity index (χ1) is 25.2. The lowest BCUT2D eigenvalue weighted by atomic mass is 9.98. The quantitative estimate of drug-likeness (QED) is 0.185. The van der Waals surface area contributed by atoms with Crippen molar-refractivity contribution in [1.82, 2.24) is 19.5 Å². The van der Waals surface area contributed by atoms with Gasteiger partial charge in [0.2, 0.25) is 0 Å². The van der Waals surface area contributed by atoms with Crippen molar-refractivity contribution < 1.29 is 4.42 Å². The average molecular weight is 655 g/mol. The summed E-state index contributed by atoms with van der Waals surface area (Å²) in [7, 11) is 0. The van der Waals surface area contributed by atoms with Crippen LogP contribution in [0.3, 0.4) is 0 Å². The first-order valence-electron chi connectivity index (χ1n) is 17.1. The summed E-state index contributed by atoms with van der Waals surface area (Å²) in [5.74, 6) is 1.82. The minimum atomic E-state index is 0.596. The fourth-order valence-electron chi connectivity index (χ4n) is 7.40. The van der Waals surface area contributed by atoms with E-state index in [4.69, 9.17) is 19.4 Å². The van der Waals surface area contributed by atoms with Gasteiger partial charge in [-0.2, -0.15) is 0 Å². The van der Waals surface area contributed by atoms with Gasteiger partial charge in [-0.05, 0) is 60.5 Å². The van der Waals surface area contributed by atoms with Gasteiger partial charge >= 0.3 is 0 Å². The predicted molar refractivity (Wildman–Crippen MR) is 208 cm³/mol. The fourth-order valence-corrected chi connectivity index (χ4v) is 7.40. The van der Waals surface area contributed by atoms with E-state index < -0.39 is 0 Å². The number of benzene rings is 7. The molecule has 0 saturated carbocycles. The van der Waals surface area contributed by atoms with Crippen LogP contribution in [0.4, 0.5) is 0 Å². The number of para-hydroxylation sites is 2. The van der Waals surface area contributed by atoms with Crippen LogP contribution < -0.4 is 0 Å². The third-order valence-corrected chi connectivity index (χ3v) is 9.68. The summed E-state index contributed by atoms with van der Waals surface area (Å²) in [5.41, 5.74) is 11.1. The molecule has 0 aliphatic rings. The number of hydrogen-bond donors (Lipinski definition) is 0. The molecule has 0 aliphatic carbocycles. The second-order valence-electron chi connectivity index (χ2n) is 12.9. The summed E-state index contributed by atoms with van der Waals surface area (Å²) in [4.78, 5) is 15.5. The maximum absolute atomic E-state index is 6.64. The molecule has 51 heavy (non-hydrogen) atoms. The SMILES string of the molecule is Cc1cc(-c2ccccc2)c2oc3cccc(-c4nc(-c5ccccc5)nc(-c5ccc6c7ccccc7n(-c7ccccc7)c6c5)n4)c3c2c1. The van der Waals surface area contributed by atoms with Crippen molar-refractivity contribution in [2.45, 2.75) is 6.92 Å². The Morgan fingerprint density at radius 2 is 1.10 bits per heavy atom. The summed E-state index contributed by atoms with van der Waals surface area (Å²) < 4.78 is 8.96. The van der Waals surface area contributed by atoms with Crippen LogP contribution in [0.1, 0.15) is 5.56 Å². The molecule has 0 atom stereocenters. The molecule has 10 aromatic rings. The van der Waals surface area contributed by atoms with Crippen LogP contribution in [0.5, 0.6) is 0 Å². The van der Waals surface area contributed by atoms with Gasteiger partial charge in [-0.1, -0.05) is 121 Å². The highest BCUT2D eigenvalue weighted by molar-refractivity contribution is 6.15. The minimum absolute atomic E-state index is 0.596. The van der Waals surface area contributed by atoms with Gasteiger partial charge in [0.25, 0.3) is 0 Å². The Balaban J connectivity index is 1.23. The fraction of sp³-hybridized carbons (Fsp3) is 0.0217. The Labute approximate surface area is 294 Å². The Bertz CT molecular complexity index is 2910. The monoisotopic (exact) mass is 654 g/mol. The van der Waals surface area contributed by atoms with Crippen molar-refractivity contribution in [3.8, 4) is 51.0 Å². The van der Waals surface area contributed by atoms with Crippen LogP contribution in [-0.4, -0.2) is 19.5 Å². The van der Waals surface area contributed by atoms with Crippen LogP contribution in [0, 0.1) is 6.92 Å². The highest BCUT2D eigenvalue weighted by Gasteiger charge is 2.21. The number of aromatic nitrogens is 4. The molecular weight excluding hydrogens is 625 g/mol.